The molecule has 134 valence electrons. The average Bonchev–Trinajstić information content (AvgIpc) is 2.89. The van der Waals surface area contributed by atoms with E-state index in [1.807, 2.05) is 0 Å². The molecule has 0 saturated heterocycles. The third-order valence-corrected chi connectivity index (χ3v) is 3.89. The summed E-state index contributed by atoms with van der Waals surface area (Å²) in [6.07, 6.45) is -1.08. The number of hydrogen-bond acceptors (Lipinski definition) is 7. The van der Waals surface area contributed by atoms with Crippen LogP contribution in [0.2, 0.25) is 5.02 Å². The lowest BCUT2D eigenvalue weighted by Gasteiger charge is -2.16. The summed E-state index contributed by atoms with van der Waals surface area (Å²) in [6, 6.07) is 3.25. The standard InChI is InChI=1S/C16H18ClN3O5/c1-7-5-11(12(23-4)6-10(7)17)19-15(21)9(3)24-16(22)13-8(2)20-25-14(13)18/h5-6,9H,18H2,1-4H3,(H,19,21). The molecule has 1 aromatic carbocycles. The first-order chi connectivity index (χ1) is 11.7. The summed E-state index contributed by atoms with van der Waals surface area (Å²) in [5, 5.41) is 6.71. The van der Waals surface area contributed by atoms with Crippen molar-refractivity contribution < 1.29 is 23.6 Å². The van der Waals surface area contributed by atoms with E-state index in [1.165, 1.54) is 14.0 Å². The topological polar surface area (TPSA) is 117 Å². The number of aromatic nitrogens is 1. The van der Waals surface area contributed by atoms with Crippen LogP contribution in [0.4, 0.5) is 11.6 Å². The number of amides is 1. The number of rotatable bonds is 5. The zero-order valence-electron chi connectivity index (χ0n) is 14.2. The van der Waals surface area contributed by atoms with E-state index < -0.39 is 18.0 Å². The summed E-state index contributed by atoms with van der Waals surface area (Å²) >= 11 is 6.03. The largest absolute Gasteiger partial charge is 0.495 e. The minimum atomic E-state index is -1.08. The van der Waals surface area contributed by atoms with Gasteiger partial charge in [0.25, 0.3) is 5.91 Å². The molecular formula is C16H18ClN3O5. The van der Waals surface area contributed by atoms with Gasteiger partial charge < -0.3 is 25.0 Å². The predicted molar refractivity (Wildman–Crippen MR) is 91.9 cm³/mol. The Bertz CT molecular complexity index is 799. The number of carbonyl (C=O) groups excluding carboxylic acids is 2. The lowest BCUT2D eigenvalue weighted by Crippen LogP contribution is -2.30. The molecule has 0 aliphatic carbocycles. The Kier molecular flexibility index (Phi) is 5.53. The van der Waals surface area contributed by atoms with Crippen molar-refractivity contribution in [3.63, 3.8) is 0 Å². The Morgan fingerprint density at radius 1 is 1.36 bits per heavy atom. The average molecular weight is 368 g/mol. The first-order valence-corrected chi connectivity index (χ1v) is 7.70. The van der Waals surface area contributed by atoms with Gasteiger partial charge in [0.2, 0.25) is 5.88 Å². The van der Waals surface area contributed by atoms with E-state index in [9.17, 15) is 9.59 Å². The lowest BCUT2D eigenvalue weighted by molar-refractivity contribution is -0.123. The Hall–Kier alpha value is -2.74. The highest BCUT2D eigenvalue weighted by Crippen LogP contribution is 2.31. The molecule has 9 heteroatoms. The van der Waals surface area contributed by atoms with Gasteiger partial charge in [0.1, 0.15) is 11.3 Å². The van der Waals surface area contributed by atoms with Gasteiger partial charge in [-0.1, -0.05) is 16.8 Å². The number of halogens is 1. The Labute approximate surface area is 149 Å². The maximum absolute atomic E-state index is 12.3. The van der Waals surface area contributed by atoms with E-state index in [-0.39, 0.29) is 17.1 Å². The van der Waals surface area contributed by atoms with E-state index in [1.54, 1.807) is 26.0 Å². The number of hydrogen-bond donors (Lipinski definition) is 2. The molecule has 0 radical (unpaired) electrons. The fourth-order valence-electron chi connectivity index (χ4n) is 2.07. The molecule has 8 nitrogen and oxygen atoms in total. The number of carbonyl (C=O) groups is 2. The molecule has 1 atom stereocenters. The maximum Gasteiger partial charge on any atom is 0.346 e. The number of esters is 1. The molecule has 2 aromatic rings. The van der Waals surface area contributed by atoms with Crippen LogP contribution in [0.15, 0.2) is 16.7 Å². The van der Waals surface area contributed by atoms with Crippen LogP contribution < -0.4 is 15.8 Å². The molecule has 1 amide bonds. The van der Waals surface area contributed by atoms with Gasteiger partial charge in [-0.25, -0.2) is 4.79 Å². The van der Waals surface area contributed by atoms with E-state index in [0.717, 1.165) is 5.56 Å². The van der Waals surface area contributed by atoms with Crippen molar-refractivity contribution >= 4 is 35.0 Å². The third kappa shape index (κ3) is 4.03. The van der Waals surface area contributed by atoms with Crippen molar-refractivity contribution in [1.82, 2.24) is 5.16 Å². The summed E-state index contributed by atoms with van der Waals surface area (Å²) < 4.78 is 15.0. The van der Waals surface area contributed by atoms with Gasteiger partial charge in [-0.3, -0.25) is 4.79 Å². The van der Waals surface area contributed by atoms with Crippen LogP contribution in [0.5, 0.6) is 5.75 Å². The summed E-state index contributed by atoms with van der Waals surface area (Å²) in [7, 11) is 1.46. The van der Waals surface area contributed by atoms with Crippen LogP contribution in [0.3, 0.4) is 0 Å². The van der Waals surface area contributed by atoms with Crippen molar-refractivity contribution in [2.75, 3.05) is 18.2 Å². The van der Waals surface area contributed by atoms with Gasteiger partial charge in [-0.15, -0.1) is 0 Å². The minimum absolute atomic E-state index is 0.000400. The Morgan fingerprint density at radius 3 is 2.60 bits per heavy atom. The smallest absolute Gasteiger partial charge is 0.346 e. The zero-order valence-corrected chi connectivity index (χ0v) is 14.9. The van der Waals surface area contributed by atoms with Crippen molar-refractivity contribution in [2.24, 2.45) is 0 Å². The Morgan fingerprint density at radius 2 is 2.04 bits per heavy atom. The SMILES string of the molecule is COc1cc(Cl)c(C)cc1NC(=O)C(C)OC(=O)c1c(C)noc1N. The number of nitrogens with two attached hydrogens (primary N) is 1. The van der Waals surface area contributed by atoms with E-state index in [0.29, 0.717) is 16.5 Å². The van der Waals surface area contributed by atoms with Gasteiger partial charge >= 0.3 is 5.97 Å². The minimum Gasteiger partial charge on any atom is -0.495 e. The number of aryl methyl sites for hydroxylation is 2. The first kappa shape index (κ1) is 18.6. The number of benzene rings is 1. The molecule has 0 bridgehead atoms. The molecule has 0 fully saturated rings. The fraction of sp³-hybridized carbons (Fsp3) is 0.312. The van der Waals surface area contributed by atoms with Gasteiger partial charge in [0.05, 0.1) is 18.5 Å². The van der Waals surface area contributed by atoms with Crippen molar-refractivity contribution in [2.45, 2.75) is 26.9 Å². The zero-order chi connectivity index (χ0) is 18.7. The number of nitrogens with zero attached hydrogens (tertiary/aromatic N) is 1. The molecular weight excluding hydrogens is 350 g/mol. The van der Waals surface area contributed by atoms with Gasteiger partial charge in [-0.2, -0.15) is 0 Å². The van der Waals surface area contributed by atoms with Crippen LogP contribution in [0, 0.1) is 13.8 Å². The summed E-state index contributed by atoms with van der Waals surface area (Å²) in [5.41, 5.74) is 6.98. The summed E-state index contributed by atoms with van der Waals surface area (Å²) in [4.78, 5) is 24.4. The third-order valence-electron chi connectivity index (χ3n) is 3.48. The lowest BCUT2D eigenvalue weighted by atomic mass is 10.2. The van der Waals surface area contributed by atoms with Crippen LogP contribution in [0.1, 0.15) is 28.5 Å². The molecule has 0 aliphatic heterocycles. The van der Waals surface area contributed by atoms with Crippen molar-refractivity contribution in [3.05, 3.63) is 34.0 Å². The molecule has 25 heavy (non-hydrogen) atoms. The second kappa shape index (κ2) is 7.43. The molecule has 0 aliphatic rings. The van der Waals surface area contributed by atoms with Crippen molar-refractivity contribution in [3.8, 4) is 5.75 Å². The number of nitrogens with one attached hydrogen (secondary N) is 1. The van der Waals surface area contributed by atoms with Crippen LogP contribution >= 0.6 is 11.6 Å². The number of anilines is 2. The van der Waals surface area contributed by atoms with Gasteiger partial charge in [0, 0.05) is 11.1 Å². The first-order valence-electron chi connectivity index (χ1n) is 7.32. The summed E-state index contributed by atoms with van der Waals surface area (Å²) in [5.74, 6) is -1.11. The highest BCUT2D eigenvalue weighted by molar-refractivity contribution is 6.31. The number of ether oxygens (including phenoxy) is 2. The molecule has 2 rings (SSSR count). The quantitative estimate of drug-likeness (QED) is 0.780. The van der Waals surface area contributed by atoms with Gasteiger partial charge in [0.15, 0.2) is 6.10 Å². The molecule has 3 N–H and O–H groups in total. The van der Waals surface area contributed by atoms with E-state index in [2.05, 4.69) is 10.5 Å². The van der Waals surface area contributed by atoms with E-state index in [4.69, 9.17) is 31.3 Å². The molecule has 1 aromatic heterocycles. The van der Waals surface area contributed by atoms with Crippen LogP contribution in [0.25, 0.3) is 0 Å². The van der Waals surface area contributed by atoms with E-state index >= 15 is 0 Å². The second-order valence-electron chi connectivity index (χ2n) is 5.35. The maximum atomic E-state index is 12.3. The molecule has 0 spiro atoms. The molecule has 0 saturated carbocycles. The molecule has 1 heterocycles. The van der Waals surface area contributed by atoms with Crippen LogP contribution in [-0.2, 0) is 9.53 Å². The highest BCUT2D eigenvalue weighted by Gasteiger charge is 2.25. The monoisotopic (exact) mass is 367 g/mol. The van der Waals surface area contributed by atoms with Crippen molar-refractivity contribution in [1.29, 1.82) is 0 Å². The predicted octanol–water partition coefficient (Wildman–Crippen LogP) is 2.72. The summed E-state index contributed by atoms with van der Waals surface area (Å²) in [6.45, 7) is 4.77. The second-order valence-corrected chi connectivity index (χ2v) is 5.75. The molecule has 1 unspecified atom stereocenters. The fourth-order valence-corrected chi connectivity index (χ4v) is 2.23. The van der Waals surface area contributed by atoms with Gasteiger partial charge in [-0.05, 0) is 32.4 Å². The van der Waals surface area contributed by atoms with Crippen LogP contribution in [-0.4, -0.2) is 30.2 Å². The Balaban J connectivity index is 2.11. The highest BCUT2D eigenvalue weighted by atomic mass is 35.5. The normalized spacial score (nSPS) is 11.7. The number of methoxy groups -OCH3 is 1. The number of nitrogen functional groups attached to an aromatic ring is 1.